The van der Waals surface area contributed by atoms with E-state index in [1.807, 2.05) is 0 Å². The van der Waals surface area contributed by atoms with E-state index in [1.54, 1.807) is 30.3 Å². The van der Waals surface area contributed by atoms with Gasteiger partial charge in [-0.25, -0.2) is 13.5 Å². The summed E-state index contributed by atoms with van der Waals surface area (Å²) in [5, 5.41) is 12.3. The maximum atomic E-state index is 14.7. The lowest BCUT2D eigenvalue weighted by atomic mass is 10.1. The second kappa shape index (κ2) is 11.0. The molecule has 12 heteroatoms. The van der Waals surface area contributed by atoms with Crippen LogP contribution in [-0.4, -0.2) is 45.1 Å². The summed E-state index contributed by atoms with van der Waals surface area (Å²) < 4.78 is 30.3. The summed E-state index contributed by atoms with van der Waals surface area (Å²) in [6, 6.07) is 14.5. The van der Waals surface area contributed by atoms with E-state index in [0.717, 1.165) is 18.2 Å². The van der Waals surface area contributed by atoms with E-state index < -0.39 is 23.4 Å². The van der Waals surface area contributed by atoms with Gasteiger partial charge in [-0.1, -0.05) is 29.8 Å². The Morgan fingerprint density at radius 3 is 2.56 bits per heavy atom. The molecule has 0 saturated carbocycles. The van der Waals surface area contributed by atoms with Gasteiger partial charge in [0.25, 0.3) is 11.8 Å². The number of pyridine rings is 1. The van der Waals surface area contributed by atoms with E-state index in [2.05, 4.69) is 26.0 Å². The molecule has 0 aliphatic carbocycles. The second-order valence-electron chi connectivity index (χ2n) is 8.78. The first kappa shape index (κ1) is 26.0. The third-order valence-corrected chi connectivity index (χ3v) is 6.41. The van der Waals surface area contributed by atoms with Crippen molar-refractivity contribution < 1.29 is 23.2 Å². The van der Waals surface area contributed by atoms with Crippen LogP contribution in [0.5, 0.6) is 0 Å². The van der Waals surface area contributed by atoms with Gasteiger partial charge in [-0.3, -0.25) is 19.4 Å². The molecule has 1 aliphatic rings. The first-order valence-electron chi connectivity index (χ1n) is 11.9. The van der Waals surface area contributed by atoms with Crippen molar-refractivity contribution in [2.45, 2.75) is 18.9 Å². The van der Waals surface area contributed by atoms with Gasteiger partial charge in [0.15, 0.2) is 5.69 Å². The first-order valence-corrected chi connectivity index (χ1v) is 12.3. The van der Waals surface area contributed by atoms with Gasteiger partial charge in [0, 0.05) is 36.8 Å². The molecule has 3 N–H and O–H groups in total. The van der Waals surface area contributed by atoms with Gasteiger partial charge in [0.05, 0.1) is 16.3 Å². The van der Waals surface area contributed by atoms with Crippen LogP contribution in [0.2, 0.25) is 5.02 Å². The highest BCUT2D eigenvalue weighted by Crippen LogP contribution is 2.30. The third-order valence-electron chi connectivity index (χ3n) is 6.09. The molecule has 1 aliphatic heterocycles. The first-order chi connectivity index (χ1) is 18.8. The Labute approximate surface area is 226 Å². The van der Waals surface area contributed by atoms with Crippen LogP contribution in [0.25, 0.3) is 16.9 Å². The summed E-state index contributed by atoms with van der Waals surface area (Å²) in [6.07, 6.45) is 2.32. The number of carbonyl (C=O) groups excluding carboxylic acids is 3. The highest BCUT2D eigenvalue weighted by atomic mass is 35.5. The van der Waals surface area contributed by atoms with Crippen molar-refractivity contribution in [2.75, 3.05) is 11.9 Å². The Hall–Kier alpha value is -4.64. The summed E-state index contributed by atoms with van der Waals surface area (Å²) in [5.41, 5.74) is -0.0797. The van der Waals surface area contributed by atoms with Gasteiger partial charge in [-0.2, -0.15) is 5.10 Å². The molecule has 0 bridgehead atoms. The van der Waals surface area contributed by atoms with Gasteiger partial charge in [-0.15, -0.1) is 0 Å². The van der Waals surface area contributed by atoms with E-state index in [-0.39, 0.29) is 51.8 Å². The summed E-state index contributed by atoms with van der Waals surface area (Å²) in [5.74, 6) is -2.79. The minimum Gasteiger partial charge on any atom is -0.352 e. The lowest BCUT2D eigenvalue weighted by molar-refractivity contribution is -0.119. The number of hydrogen-bond donors (Lipinski definition) is 3. The largest absolute Gasteiger partial charge is 0.352 e. The molecular weight excluding hydrogens is 530 g/mol. The number of benzene rings is 2. The molecule has 1 atom stereocenters. The molecule has 1 unspecified atom stereocenters. The average Bonchev–Trinajstić information content (AvgIpc) is 3.54. The number of rotatable bonds is 7. The predicted molar refractivity (Wildman–Crippen MR) is 140 cm³/mol. The van der Waals surface area contributed by atoms with Gasteiger partial charge in [0.2, 0.25) is 5.91 Å². The van der Waals surface area contributed by atoms with Crippen molar-refractivity contribution in [3.8, 4) is 16.9 Å². The summed E-state index contributed by atoms with van der Waals surface area (Å²) in [7, 11) is 0. The average molecular weight is 551 g/mol. The molecule has 3 amide bonds. The van der Waals surface area contributed by atoms with Crippen LogP contribution in [0.3, 0.4) is 0 Å². The molecule has 198 valence electrons. The quantitative estimate of drug-likeness (QED) is 0.320. The highest BCUT2D eigenvalue weighted by Gasteiger charge is 2.24. The van der Waals surface area contributed by atoms with Gasteiger partial charge in [-0.05, 0) is 42.8 Å². The highest BCUT2D eigenvalue weighted by molar-refractivity contribution is 6.34. The zero-order valence-electron chi connectivity index (χ0n) is 20.2. The molecule has 0 radical (unpaired) electrons. The van der Waals surface area contributed by atoms with Crippen LogP contribution < -0.4 is 16.0 Å². The topological polar surface area (TPSA) is 118 Å². The zero-order chi connectivity index (χ0) is 27.5. The molecule has 5 rings (SSSR count). The van der Waals surface area contributed by atoms with Crippen LogP contribution in [0.1, 0.15) is 33.7 Å². The van der Waals surface area contributed by atoms with Crippen molar-refractivity contribution in [1.29, 1.82) is 0 Å². The van der Waals surface area contributed by atoms with Crippen molar-refractivity contribution in [2.24, 2.45) is 0 Å². The minimum atomic E-state index is -0.846. The van der Waals surface area contributed by atoms with E-state index in [9.17, 15) is 23.2 Å². The Morgan fingerprint density at radius 2 is 1.85 bits per heavy atom. The molecule has 2 aromatic carbocycles. The van der Waals surface area contributed by atoms with E-state index in [0.29, 0.717) is 18.5 Å². The molecule has 0 spiro atoms. The fourth-order valence-electron chi connectivity index (χ4n) is 4.16. The van der Waals surface area contributed by atoms with E-state index in [4.69, 9.17) is 11.6 Å². The molecule has 39 heavy (non-hydrogen) atoms. The van der Waals surface area contributed by atoms with Crippen LogP contribution in [0, 0.1) is 11.6 Å². The third kappa shape index (κ3) is 5.63. The molecule has 1 fully saturated rings. The number of hydrogen-bond acceptors (Lipinski definition) is 5. The molecule has 4 aromatic rings. The van der Waals surface area contributed by atoms with Crippen molar-refractivity contribution in [1.82, 2.24) is 25.4 Å². The van der Waals surface area contributed by atoms with Crippen molar-refractivity contribution in [3.63, 3.8) is 0 Å². The number of para-hydroxylation sites is 1. The zero-order valence-corrected chi connectivity index (χ0v) is 21.0. The Bertz CT molecular complexity index is 1580. The summed E-state index contributed by atoms with van der Waals surface area (Å²) >= 11 is 6.18. The normalized spacial score (nSPS) is 14.6. The lowest BCUT2D eigenvalue weighted by Gasteiger charge is -2.12. The predicted octanol–water partition coefficient (Wildman–Crippen LogP) is 4.13. The van der Waals surface area contributed by atoms with Crippen molar-refractivity contribution in [3.05, 3.63) is 94.8 Å². The Morgan fingerprint density at radius 1 is 1.05 bits per heavy atom. The van der Waals surface area contributed by atoms with Gasteiger partial charge >= 0.3 is 0 Å². The molecule has 1 saturated heterocycles. The SMILES string of the molecule is O=C1CCC(CNC(=O)c2cc(NC(=O)c3cc(-c4ncccc4F)c(F)cc3Cl)n(-c3ccccc3)n2)N1. The lowest BCUT2D eigenvalue weighted by Crippen LogP contribution is -2.38. The van der Waals surface area contributed by atoms with E-state index >= 15 is 0 Å². The fourth-order valence-corrected chi connectivity index (χ4v) is 4.39. The number of amides is 3. The number of halogens is 3. The maximum absolute atomic E-state index is 14.7. The minimum absolute atomic E-state index is 0.0138. The number of aromatic nitrogens is 3. The monoisotopic (exact) mass is 550 g/mol. The standard InChI is InChI=1S/C27H21ClF2N6O3/c28-19-12-21(30)18(25-20(29)7-4-10-31-25)11-17(19)26(38)34-23-13-22(35-36(23)16-5-2-1-3-6-16)27(39)32-14-15-8-9-24(37)33-15/h1-7,10-13,15H,8-9,14H2,(H,32,39)(H,33,37)(H,34,38). The van der Waals surface area contributed by atoms with Gasteiger partial charge in [0.1, 0.15) is 23.1 Å². The maximum Gasteiger partial charge on any atom is 0.271 e. The van der Waals surface area contributed by atoms with Gasteiger partial charge < -0.3 is 16.0 Å². The van der Waals surface area contributed by atoms with E-state index in [1.165, 1.54) is 23.0 Å². The van der Waals surface area contributed by atoms with Crippen LogP contribution >= 0.6 is 11.6 Å². The number of anilines is 1. The van der Waals surface area contributed by atoms with Crippen LogP contribution in [0.4, 0.5) is 14.6 Å². The molecular formula is C27H21ClF2N6O3. The number of carbonyl (C=O) groups is 3. The Balaban J connectivity index is 1.44. The summed E-state index contributed by atoms with van der Waals surface area (Å²) in [6.45, 7) is 0.225. The van der Waals surface area contributed by atoms with Crippen molar-refractivity contribution >= 4 is 35.1 Å². The Kier molecular flexibility index (Phi) is 7.33. The molecule has 2 aromatic heterocycles. The number of nitrogens with zero attached hydrogens (tertiary/aromatic N) is 3. The molecule has 9 nitrogen and oxygen atoms in total. The summed E-state index contributed by atoms with van der Waals surface area (Å²) in [4.78, 5) is 41.4. The van der Waals surface area contributed by atoms with Crippen LogP contribution in [-0.2, 0) is 4.79 Å². The molecule has 3 heterocycles. The smallest absolute Gasteiger partial charge is 0.271 e. The second-order valence-corrected chi connectivity index (χ2v) is 9.18. The fraction of sp³-hybridized carbons (Fsp3) is 0.148. The van der Waals surface area contributed by atoms with Crippen LogP contribution in [0.15, 0.2) is 66.9 Å². The number of nitrogens with one attached hydrogen (secondary N) is 3.